The van der Waals surface area contributed by atoms with Crippen LogP contribution in [0.4, 0.5) is 5.69 Å². The van der Waals surface area contributed by atoms with Crippen LogP contribution in [0, 0.1) is 0 Å². The molecular formula is C12H21ClN2O2. The summed E-state index contributed by atoms with van der Waals surface area (Å²) < 4.78 is 0. The second kappa shape index (κ2) is 6.69. The molecule has 0 fully saturated rings. The Labute approximate surface area is 108 Å². The van der Waals surface area contributed by atoms with Crippen LogP contribution in [0.15, 0.2) is 18.2 Å². The number of hydrogen-bond acceptors (Lipinski definition) is 4. The zero-order chi connectivity index (χ0) is 12.3. The van der Waals surface area contributed by atoms with Gasteiger partial charge in [-0.3, -0.25) is 0 Å². The van der Waals surface area contributed by atoms with Crippen molar-refractivity contribution < 1.29 is 10.2 Å². The number of benzene rings is 1. The van der Waals surface area contributed by atoms with Gasteiger partial charge < -0.3 is 21.3 Å². The van der Waals surface area contributed by atoms with E-state index in [1.54, 1.807) is 12.1 Å². The molecule has 0 saturated heterocycles. The summed E-state index contributed by atoms with van der Waals surface area (Å²) >= 11 is 0. The fourth-order valence-electron chi connectivity index (χ4n) is 1.66. The fraction of sp³-hybridized carbons (Fsp3) is 0.500. The number of hydrogen-bond donors (Lipinski definition) is 4. The molecule has 5 N–H and O–H groups in total. The van der Waals surface area contributed by atoms with Crippen molar-refractivity contribution in [2.45, 2.75) is 39.0 Å². The summed E-state index contributed by atoms with van der Waals surface area (Å²) in [6.45, 7) is 5.95. The maximum Gasteiger partial charge on any atom is 0.138 e. The molecule has 2 atom stereocenters. The van der Waals surface area contributed by atoms with E-state index in [0.717, 1.165) is 0 Å². The third-order valence-corrected chi connectivity index (χ3v) is 2.46. The molecule has 0 aromatic heterocycles. The van der Waals surface area contributed by atoms with Crippen molar-refractivity contribution in [1.82, 2.24) is 5.32 Å². The maximum absolute atomic E-state index is 10.1. The quantitative estimate of drug-likeness (QED) is 0.492. The van der Waals surface area contributed by atoms with E-state index in [9.17, 15) is 10.2 Å². The molecule has 0 aliphatic heterocycles. The molecule has 2 unspecified atom stereocenters. The van der Waals surface area contributed by atoms with Crippen molar-refractivity contribution in [3.63, 3.8) is 0 Å². The van der Waals surface area contributed by atoms with Gasteiger partial charge in [-0.15, -0.1) is 12.4 Å². The lowest BCUT2D eigenvalue weighted by Crippen LogP contribution is -2.36. The number of aromatic hydroxyl groups is 1. The molecule has 0 aliphatic carbocycles. The van der Waals surface area contributed by atoms with E-state index >= 15 is 0 Å². The summed E-state index contributed by atoms with van der Waals surface area (Å²) in [6, 6.07) is 5.01. The standard InChI is InChI=1S/C12H20N2O2.ClH/c1-7(2)14-8(3)12(16)9-4-5-11(15)10(13)6-9;/h4-8,12,14-16H,13H2,1-3H3;1H. The molecule has 0 radical (unpaired) electrons. The van der Waals surface area contributed by atoms with Crippen molar-refractivity contribution in [3.8, 4) is 5.75 Å². The molecule has 0 spiro atoms. The van der Waals surface area contributed by atoms with Gasteiger partial charge in [-0.25, -0.2) is 0 Å². The van der Waals surface area contributed by atoms with E-state index < -0.39 is 6.10 Å². The van der Waals surface area contributed by atoms with E-state index in [1.165, 1.54) is 6.07 Å². The number of halogens is 1. The highest BCUT2D eigenvalue weighted by Crippen LogP contribution is 2.25. The molecule has 1 aromatic rings. The fourth-order valence-corrected chi connectivity index (χ4v) is 1.66. The lowest BCUT2D eigenvalue weighted by atomic mass is 10.0. The minimum absolute atomic E-state index is 0. The zero-order valence-corrected chi connectivity index (χ0v) is 11.2. The van der Waals surface area contributed by atoms with Gasteiger partial charge in [-0.1, -0.05) is 19.9 Å². The smallest absolute Gasteiger partial charge is 0.138 e. The van der Waals surface area contributed by atoms with Crippen LogP contribution < -0.4 is 11.1 Å². The Morgan fingerprint density at radius 2 is 1.82 bits per heavy atom. The highest BCUT2D eigenvalue weighted by molar-refractivity contribution is 5.85. The largest absolute Gasteiger partial charge is 0.506 e. The number of anilines is 1. The molecule has 17 heavy (non-hydrogen) atoms. The highest BCUT2D eigenvalue weighted by Gasteiger charge is 2.17. The Bertz CT molecular complexity index is 358. The van der Waals surface area contributed by atoms with E-state index in [2.05, 4.69) is 5.32 Å². The van der Waals surface area contributed by atoms with Crippen LogP contribution in [-0.2, 0) is 0 Å². The first-order chi connectivity index (χ1) is 7.41. The van der Waals surface area contributed by atoms with E-state index in [1.807, 2.05) is 20.8 Å². The number of phenolic OH excluding ortho intramolecular Hbond substituents is 1. The van der Waals surface area contributed by atoms with Crippen LogP contribution in [0.5, 0.6) is 5.75 Å². The van der Waals surface area contributed by atoms with E-state index in [0.29, 0.717) is 11.6 Å². The molecular weight excluding hydrogens is 240 g/mol. The van der Waals surface area contributed by atoms with Gasteiger partial charge in [0, 0.05) is 12.1 Å². The number of aliphatic hydroxyl groups is 1. The molecule has 1 rings (SSSR count). The highest BCUT2D eigenvalue weighted by atomic mass is 35.5. The average Bonchev–Trinajstić information content (AvgIpc) is 2.20. The van der Waals surface area contributed by atoms with Crippen LogP contribution in [0.1, 0.15) is 32.4 Å². The van der Waals surface area contributed by atoms with Crippen LogP contribution in [-0.4, -0.2) is 22.3 Å². The van der Waals surface area contributed by atoms with Gasteiger partial charge in [-0.05, 0) is 24.6 Å². The summed E-state index contributed by atoms with van der Waals surface area (Å²) in [4.78, 5) is 0. The topological polar surface area (TPSA) is 78.5 Å². The van der Waals surface area contributed by atoms with E-state index in [4.69, 9.17) is 5.73 Å². The number of nitrogens with two attached hydrogens (primary N) is 1. The third-order valence-electron chi connectivity index (χ3n) is 2.46. The molecule has 0 heterocycles. The predicted molar refractivity (Wildman–Crippen MR) is 72.5 cm³/mol. The van der Waals surface area contributed by atoms with Crippen molar-refractivity contribution in [1.29, 1.82) is 0 Å². The summed E-state index contributed by atoms with van der Waals surface area (Å²) in [6.07, 6.45) is -0.634. The second-order valence-corrected chi connectivity index (χ2v) is 4.37. The zero-order valence-electron chi connectivity index (χ0n) is 10.3. The molecule has 1 aromatic carbocycles. The minimum atomic E-state index is -0.634. The number of aliphatic hydroxyl groups excluding tert-OH is 1. The Balaban J connectivity index is 0.00000256. The van der Waals surface area contributed by atoms with Gasteiger partial charge in [0.05, 0.1) is 11.8 Å². The number of nitrogens with one attached hydrogen (secondary N) is 1. The van der Waals surface area contributed by atoms with E-state index in [-0.39, 0.29) is 29.9 Å². The SMILES string of the molecule is CC(C)NC(C)C(O)c1ccc(O)c(N)c1.Cl. The normalized spacial score (nSPS) is 14.2. The summed E-state index contributed by atoms with van der Waals surface area (Å²) in [5.41, 5.74) is 6.57. The summed E-state index contributed by atoms with van der Waals surface area (Å²) in [7, 11) is 0. The Morgan fingerprint density at radius 1 is 1.24 bits per heavy atom. The molecule has 0 bridgehead atoms. The lowest BCUT2D eigenvalue weighted by Gasteiger charge is -2.23. The van der Waals surface area contributed by atoms with Gasteiger partial charge >= 0.3 is 0 Å². The lowest BCUT2D eigenvalue weighted by molar-refractivity contribution is 0.132. The molecule has 0 saturated carbocycles. The maximum atomic E-state index is 10.1. The average molecular weight is 261 g/mol. The van der Waals surface area contributed by atoms with Crippen LogP contribution in [0.25, 0.3) is 0 Å². The van der Waals surface area contributed by atoms with Gasteiger partial charge in [0.2, 0.25) is 0 Å². The van der Waals surface area contributed by atoms with Crippen molar-refractivity contribution in [2.75, 3.05) is 5.73 Å². The second-order valence-electron chi connectivity index (χ2n) is 4.37. The molecule has 0 aliphatic rings. The minimum Gasteiger partial charge on any atom is -0.506 e. The Hall–Kier alpha value is -0.970. The Morgan fingerprint density at radius 3 is 2.29 bits per heavy atom. The first-order valence-corrected chi connectivity index (χ1v) is 5.44. The predicted octanol–water partition coefficient (Wildman–Crippen LogP) is 1.82. The monoisotopic (exact) mass is 260 g/mol. The van der Waals surface area contributed by atoms with Gasteiger partial charge in [0.15, 0.2) is 0 Å². The number of rotatable bonds is 4. The van der Waals surface area contributed by atoms with Gasteiger partial charge in [0.25, 0.3) is 0 Å². The first-order valence-electron chi connectivity index (χ1n) is 5.44. The molecule has 4 nitrogen and oxygen atoms in total. The molecule has 0 amide bonds. The molecule has 98 valence electrons. The molecule has 5 heteroatoms. The van der Waals surface area contributed by atoms with Crippen molar-refractivity contribution >= 4 is 18.1 Å². The van der Waals surface area contributed by atoms with Gasteiger partial charge in [-0.2, -0.15) is 0 Å². The van der Waals surface area contributed by atoms with Gasteiger partial charge in [0.1, 0.15) is 5.75 Å². The van der Waals surface area contributed by atoms with Crippen LogP contribution in [0.3, 0.4) is 0 Å². The first kappa shape index (κ1) is 16.0. The summed E-state index contributed by atoms with van der Waals surface area (Å²) in [5.74, 6) is 0.0421. The number of phenols is 1. The van der Waals surface area contributed by atoms with Crippen LogP contribution >= 0.6 is 12.4 Å². The van der Waals surface area contributed by atoms with Crippen LogP contribution in [0.2, 0.25) is 0 Å². The number of nitrogen functional groups attached to an aromatic ring is 1. The van der Waals surface area contributed by atoms with Crippen molar-refractivity contribution in [2.24, 2.45) is 0 Å². The Kier molecular flexibility index (Phi) is 6.31. The van der Waals surface area contributed by atoms with Crippen molar-refractivity contribution in [3.05, 3.63) is 23.8 Å². The summed E-state index contributed by atoms with van der Waals surface area (Å²) in [5, 5.41) is 22.6. The third kappa shape index (κ3) is 4.42.